The highest BCUT2D eigenvalue weighted by molar-refractivity contribution is 9.10. The minimum absolute atomic E-state index is 0.258. The lowest BCUT2D eigenvalue weighted by Gasteiger charge is -2.18. The van der Waals surface area contributed by atoms with Crippen molar-refractivity contribution >= 4 is 15.9 Å². The monoisotopic (exact) mass is 336 g/mol. The summed E-state index contributed by atoms with van der Waals surface area (Å²) in [6, 6.07) is 8.82. The zero-order valence-corrected chi connectivity index (χ0v) is 13.8. The van der Waals surface area contributed by atoms with Crippen molar-refractivity contribution in [2.24, 2.45) is 7.05 Å². The second-order valence-corrected chi connectivity index (χ2v) is 5.72. The quantitative estimate of drug-likeness (QED) is 0.880. The molecular formula is C15H21BrN4. The van der Waals surface area contributed by atoms with E-state index in [2.05, 4.69) is 69.7 Å². The highest BCUT2D eigenvalue weighted by atomic mass is 79.9. The lowest BCUT2D eigenvalue weighted by atomic mass is 9.99. The van der Waals surface area contributed by atoms with E-state index in [4.69, 9.17) is 0 Å². The summed E-state index contributed by atoms with van der Waals surface area (Å²) in [5.74, 6) is 0. The van der Waals surface area contributed by atoms with Crippen LogP contribution in [0.5, 0.6) is 0 Å². The maximum atomic E-state index is 4.08. The van der Waals surface area contributed by atoms with Crippen molar-refractivity contribution in [2.45, 2.75) is 32.7 Å². The molecule has 0 aliphatic rings. The molecule has 1 N–H and O–H groups in total. The lowest BCUT2D eigenvalue weighted by Crippen LogP contribution is -2.24. The average molecular weight is 337 g/mol. The summed E-state index contributed by atoms with van der Waals surface area (Å²) in [6.45, 7) is 5.22. The Morgan fingerprint density at radius 2 is 2.10 bits per heavy atom. The molecule has 20 heavy (non-hydrogen) atoms. The van der Waals surface area contributed by atoms with Crippen LogP contribution in [0.4, 0.5) is 0 Å². The molecule has 1 aromatic carbocycles. The summed E-state index contributed by atoms with van der Waals surface area (Å²) >= 11 is 3.49. The van der Waals surface area contributed by atoms with Gasteiger partial charge in [0.25, 0.3) is 0 Å². The maximum absolute atomic E-state index is 4.08. The van der Waals surface area contributed by atoms with Crippen molar-refractivity contribution < 1.29 is 0 Å². The summed E-state index contributed by atoms with van der Waals surface area (Å²) < 4.78 is 2.67. The normalized spacial score (nSPS) is 12.6. The minimum atomic E-state index is 0.258. The first kappa shape index (κ1) is 15.2. The molecule has 1 heterocycles. The van der Waals surface area contributed by atoms with E-state index in [9.17, 15) is 0 Å². The van der Waals surface area contributed by atoms with Gasteiger partial charge in [0.2, 0.25) is 0 Å². The molecule has 0 fully saturated rings. The summed E-state index contributed by atoms with van der Waals surface area (Å²) in [4.78, 5) is 0. The van der Waals surface area contributed by atoms with E-state index < -0.39 is 0 Å². The first-order valence-corrected chi connectivity index (χ1v) is 7.75. The Labute approximate surface area is 128 Å². The number of nitrogens with zero attached hydrogens (tertiary/aromatic N) is 3. The topological polar surface area (TPSA) is 42.7 Å². The Morgan fingerprint density at radius 3 is 2.70 bits per heavy atom. The number of rotatable bonds is 6. The Morgan fingerprint density at radius 1 is 1.35 bits per heavy atom. The maximum Gasteiger partial charge on any atom is 0.153 e. The minimum Gasteiger partial charge on any atom is -0.309 e. The van der Waals surface area contributed by atoms with Gasteiger partial charge in [0.05, 0.1) is 11.7 Å². The molecule has 0 bridgehead atoms. The lowest BCUT2D eigenvalue weighted by molar-refractivity contribution is 0.477. The van der Waals surface area contributed by atoms with Crippen LogP contribution in [-0.4, -0.2) is 21.5 Å². The van der Waals surface area contributed by atoms with E-state index in [1.54, 1.807) is 0 Å². The van der Waals surface area contributed by atoms with E-state index in [1.165, 1.54) is 11.1 Å². The predicted molar refractivity (Wildman–Crippen MR) is 84.6 cm³/mol. The molecule has 1 unspecified atom stereocenters. The average Bonchev–Trinajstić information content (AvgIpc) is 2.76. The molecule has 0 radical (unpaired) electrons. The van der Waals surface area contributed by atoms with Crippen LogP contribution in [-0.2, 0) is 13.5 Å². The molecule has 0 saturated carbocycles. The Balaban J connectivity index is 2.13. The summed E-state index contributed by atoms with van der Waals surface area (Å²) in [5.41, 5.74) is 3.87. The molecule has 4 nitrogen and oxygen atoms in total. The van der Waals surface area contributed by atoms with Gasteiger partial charge in [0.15, 0.2) is 4.60 Å². The van der Waals surface area contributed by atoms with Crippen LogP contribution in [0.1, 0.15) is 36.2 Å². The molecule has 108 valence electrons. The highest BCUT2D eigenvalue weighted by Crippen LogP contribution is 2.25. The SMILES string of the molecule is CCNC(CCc1ccccc1C)c1c(Br)nnn1C. The van der Waals surface area contributed by atoms with Crippen LogP contribution in [0.15, 0.2) is 28.9 Å². The molecule has 1 aromatic heterocycles. The first-order valence-electron chi connectivity index (χ1n) is 6.96. The van der Waals surface area contributed by atoms with Crippen LogP contribution >= 0.6 is 15.9 Å². The Bertz CT molecular complexity index is 545. The molecule has 2 aromatic rings. The molecule has 5 heteroatoms. The zero-order chi connectivity index (χ0) is 14.5. The largest absolute Gasteiger partial charge is 0.309 e. The Hall–Kier alpha value is -1.20. The van der Waals surface area contributed by atoms with Gasteiger partial charge in [0, 0.05) is 7.05 Å². The standard InChI is InChI=1S/C15H21BrN4/c1-4-17-13(14-15(16)18-19-20(14)3)10-9-12-8-6-5-7-11(12)2/h5-8,13,17H,4,9-10H2,1-3H3. The van der Waals surface area contributed by atoms with Crippen molar-refractivity contribution in [3.05, 3.63) is 45.7 Å². The molecule has 0 saturated heterocycles. The summed E-state index contributed by atoms with van der Waals surface area (Å²) in [5, 5.41) is 11.7. The highest BCUT2D eigenvalue weighted by Gasteiger charge is 2.19. The van der Waals surface area contributed by atoms with Crippen LogP contribution in [0, 0.1) is 6.92 Å². The van der Waals surface area contributed by atoms with E-state index >= 15 is 0 Å². The fourth-order valence-corrected chi connectivity index (χ4v) is 3.08. The first-order chi connectivity index (χ1) is 9.63. The molecule has 0 amide bonds. The third-order valence-electron chi connectivity index (χ3n) is 3.57. The number of aryl methyl sites for hydroxylation is 3. The fourth-order valence-electron chi connectivity index (χ4n) is 2.48. The van der Waals surface area contributed by atoms with E-state index in [0.717, 1.165) is 29.7 Å². The number of aromatic nitrogens is 3. The van der Waals surface area contributed by atoms with Crippen LogP contribution in [0.3, 0.4) is 0 Å². The van der Waals surface area contributed by atoms with Gasteiger partial charge in [-0.3, -0.25) is 0 Å². The second kappa shape index (κ2) is 6.99. The third kappa shape index (κ3) is 3.46. The smallest absolute Gasteiger partial charge is 0.153 e. The number of hydrogen-bond acceptors (Lipinski definition) is 3. The van der Waals surface area contributed by atoms with Gasteiger partial charge in [-0.2, -0.15) is 0 Å². The van der Waals surface area contributed by atoms with Gasteiger partial charge < -0.3 is 5.32 Å². The van der Waals surface area contributed by atoms with Crippen molar-refractivity contribution in [3.63, 3.8) is 0 Å². The van der Waals surface area contributed by atoms with Crippen molar-refractivity contribution in [1.29, 1.82) is 0 Å². The van der Waals surface area contributed by atoms with E-state index in [-0.39, 0.29) is 6.04 Å². The van der Waals surface area contributed by atoms with Crippen LogP contribution in [0.2, 0.25) is 0 Å². The molecule has 0 spiro atoms. The van der Waals surface area contributed by atoms with Gasteiger partial charge in [-0.1, -0.05) is 36.4 Å². The predicted octanol–water partition coefficient (Wildman–Crippen LogP) is 3.17. The van der Waals surface area contributed by atoms with Crippen LogP contribution < -0.4 is 5.32 Å². The van der Waals surface area contributed by atoms with Crippen LogP contribution in [0.25, 0.3) is 0 Å². The number of halogens is 1. The zero-order valence-electron chi connectivity index (χ0n) is 12.2. The van der Waals surface area contributed by atoms with E-state index in [0.29, 0.717) is 0 Å². The molecular weight excluding hydrogens is 316 g/mol. The van der Waals surface area contributed by atoms with E-state index in [1.807, 2.05) is 11.7 Å². The molecule has 0 aliphatic heterocycles. The number of benzene rings is 1. The van der Waals surface area contributed by atoms with Crippen molar-refractivity contribution in [1.82, 2.24) is 20.3 Å². The van der Waals surface area contributed by atoms with Gasteiger partial charge in [-0.05, 0) is 53.4 Å². The van der Waals surface area contributed by atoms with Gasteiger partial charge >= 0.3 is 0 Å². The Kier molecular flexibility index (Phi) is 5.31. The number of nitrogens with one attached hydrogen (secondary N) is 1. The van der Waals surface area contributed by atoms with Gasteiger partial charge in [-0.15, -0.1) is 5.10 Å². The van der Waals surface area contributed by atoms with Crippen molar-refractivity contribution in [3.8, 4) is 0 Å². The summed E-state index contributed by atoms with van der Waals surface area (Å²) in [7, 11) is 1.94. The van der Waals surface area contributed by atoms with Gasteiger partial charge in [0.1, 0.15) is 0 Å². The van der Waals surface area contributed by atoms with Crippen molar-refractivity contribution in [2.75, 3.05) is 6.54 Å². The number of hydrogen-bond donors (Lipinski definition) is 1. The second-order valence-electron chi connectivity index (χ2n) is 4.96. The molecule has 2 rings (SSSR count). The molecule has 1 atom stereocenters. The third-order valence-corrected chi connectivity index (χ3v) is 4.14. The summed E-state index contributed by atoms with van der Waals surface area (Å²) in [6.07, 6.45) is 2.07. The van der Waals surface area contributed by atoms with Gasteiger partial charge in [-0.25, -0.2) is 4.68 Å². The fraction of sp³-hybridized carbons (Fsp3) is 0.467. The molecule has 0 aliphatic carbocycles.